The van der Waals surface area contributed by atoms with Crippen molar-refractivity contribution in [2.45, 2.75) is 51.6 Å². The molecule has 1 aromatic heterocycles. The number of aromatic nitrogens is 1. The van der Waals surface area contributed by atoms with Crippen LogP contribution in [0.5, 0.6) is 0 Å². The molecule has 0 amide bonds. The van der Waals surface area contributed by atoms with Crippen LogP contribution in [0.15, 0.2) is 53.5 Å². The standard InChI is InChI=1S/C21H29ClN3P/c1-21(2,3)26(18-12-14-23-15-13-18,25-16-8-4-5-9-17-25)24-20-11-7-6-10-19(20)22/h6-7,10-15H,4-5,8-9,16-17H2,1-3H3. The van der Waals surface area contributed by atoms with Gasteiger partial charge in [-0.2, -0.15) is 0 Å². The maximum absolute atomic E-state index is 6.53. The van der Waals surface area contributed by atoms with Crippen LogP contribution in [0.25, 0.3) is 0 Å². The summed E-state index contributed by atoms with van der Waals surface area (Å²) in [4.78, 5) is 4.26. The summed E-state index contributed by atoms with van der Waals surface area (Å²) in [6, 6.07) is 12.3. The molecule has 1 aliphatic heterocycles. The largest absolute Gasteiger partial charge is 0.265 e. The van der Waals surface area contributed by atoms with Crippen molar-refractivity contribution in [1.82, 2.24) is 9.65 Å². The number of hydrogen-bond donors (Lipinski definition) is 0. The van der Waals surface area contributed by atoms with Crippen LogP contribution < -0.4 is 5.30 Å². The Kier molecular flexibility index (Phi) is 6.22. The van der Waals surface area contributed by atoms with Gasteiger partial charge in [-0.25, -0.2) is 4.74 Å². The summed E-state index contributed by atoms with van der Waals surface area (Å²) in [5, 5.41) is 2.02. The van der Waals surface area contributed by atoms with Crippen molar-refractivity contribution in [1.29, 1.82) is 0 Å². The fraction of sp³-hybridized carbons (Fsp3) is 0.476. The molecule has 1 aromatic carbocycles. The van der Waals surface area contributed by atoms with Crippen LogP contribution in [0.4, 0.5) is 5.69 Å². The Bertz CT molecular complexity index is 775. The van der Waals surface area contributed by atoms with Crippen LogP contribution in [-0.2, 0) is 0 Å². The molecule has 1 fully saturated rings. The Balaban J connectivity index is 2.30. The van der Waals surface area contributed by atoms with Crippen LogP contribution >= 0.6 is 18.8 Å². The van der Waals surface area contributed by atoms with E-state index in [0.29, 0.717) is 0 Å². The normalized spacial score (nSPS) is 18.8. The quantitative estimate of drug-likeness (QED) is 0.562. The average molecular weight is 390 g/mol. The van der Waals surface area contributed by atoms with Gasteiger partial charge in [-0.3, -0.25) is 9.65 Å². The number of hydrogen-bond acceptors (Lipinski definition) is 2. The van der Waals surface area contributed by atoms with Crippen molar-refractivity contribution < 1.29 is 0 Å². The summed E-state index contributed by atoms with van der Waals surface area (Å²) in [7, 11) is -2.05. The van der Waals surface area contributed by atoms with E-state index in [1.807, 2.05) is 36.7 Å². The van der Waals surface area contributed by atoms with Gasteiger partial charge in [0.1, 0.15) is 0 Å². The maximum Gasteiger partial charge on any atom is 0.0819 e. The molecule has 0 aliphatic carbocycles. The maximum atomic E-state index is 6.53. The first-order valence-corrected chi connectivity index (χ1v) is 11.6. The minimum Gasteiger partial charge on any atom is -0.265 e. The smallest absolute Gasteiger partial charge is 0.0819 e. The van der Waals surface area contributed by atoms with Crippen molar-refractivity contribution in [3.63, 3.8) is 0 Å². The fourth-order valence-corrected chi connectivity index (χ4v) is 8.46. The van der Waals surface area contributed by atoms with Gasteiger partial charge in [-0.05, 0) is 37.1 Å². The molecule has 5 heteroatoms. The molecule has 1 unspecified atom stereocenters. The third kappa shape index (κ3) is 3.91. The van der Waals surface area contributed by atoms with Crippen LogP contribution in [0, 0.1) is 0 Å². The highest BCUT2D eigenvalue weighted by atomic mass is 35.5. The minimum absolute atomic E-state index is 0.00212. The molecule has 3 nitrogen and oxygen atoms in total. The van der Waals surface area contributed by atoms with E-state index in [0.717, 1.165) is 23.8 Å². The monoisotopic (exact) mass is 389 g/mol. The molecule has 3 rings (SSSR count). The van der Waals surface area contributed by atoms with E-state index in [4.69, 9.17) is 16.3 Å². The zero-order valence-corrected chi connectivity index (χ0v) is 17.7. The Morgan fingerprint density at radius 3 is 2.15 bits per heavy atom. The predicted octanol–water partition coefficient (Wildman–Crippen LogP) is 6.48. The van der Waals surface area contributed by atoms with Gasteiger partial charge in [0, 0.05) is 35.9 Å². The van der Waals surface area contributed by atoms with Crippen LogP contribution in [0.1, 0.15) is 46.5 Å². The van der Waals surface area contributed by atoms with Gasteiger partial charge in [0.15, 0.2) is 0 Å². The highest BCUT2D eigenvalue weighted by Gasteiger charge is 2.41. The number of benzene rings is 1. The molecule has 140 valence electrons. The molecule has 1 aliphatic rings. The Morgan fingerprint density at radius 1 is 0.962 bits per heavy atom. The van der Waals surface area contributed by atoms with Gasteiger partial charge in [0.05, 0.1) is 17.9 Å². The number of rotatable bonds is 3. The summed E-state index contributed by atoms with van der Waals surface area (Å²) in [6.45, 7) is 9.17. The van der Waals surface area contributed by atoms with E-state index in [-0.39, 0.29) is 5.16 Å². The van der Waals surface area contributed by atoms with Gasteiger partial charge in [-0.15, -0.1) is 0 Å². The fourth-order valence-electron chi connectivity index (χ4n) is 3.83. The van der Waals surface area contributed by atoms with E-state index in [1.54, 1.807) is 0 Å². The van der Waals surface area contributed by atoms with Crippen molar-refractivity contribution in [2.75, 3.05) is 13.1 Å². The first-order chi connectivity index (χ1) is 12.4. The zero-order valence-electron chi connectivity index (χ0n) is 16.0. The second-order valence-corrected chi connectivity index (χ2v) is 12.1. The Morgan fingerprint density at radius 2 is 1.58 bits per heavy atom. The molecule has 0 radical (unpaired) electrons. The third-order valence-electron chi connectivity index (χ3n) is 5.05. The molecule has 1 atom stereocenters. The van der Waals surface area contributed by atoms with E-state index >= 15 is 0 Å². The third-order valence-corrected chi connectivity index (χ3v) is 9.99. The lowest BCUT2D eigenvalue weighted by molar-refractivity contribution is 0.457. The lowest BCUT2D eigenvalue weighted by Gasteiger charge is -2.45. The number of halogens is 1. The predicted molar refractivity (Wildman–Crippen MR) is 114 cm³/mol. The summed E-state index contributed by atoms with van der Waals surface area (Å²) in [6.07, 6.45) is 8.89. The van der Waals surface area contributed by atoms with E-state index < -0.39 is 7.21 Å². The molecule has 0 bridgehead atoms. The van der Waals surface area contributed by atoms with E-state index in [9.17, 15) is 0 Å². The Hall–Kier alpha value is -1.15. The van der Waals surface area contributed by atoms with Crippen molar-refractivity contribution in [3.8, 4) is 0 Å². The van der Waals surface area contributed by atoms with Gasteiger partial charge in [-0.1, -0.05) is 57.3 Å². The molecule has 2 aromatic rings. The minimum atomic E-state index is -2.05. The lowest BCUT2D eigenvalue weighted by atomic mass is 10.2. The second-order valence-electron chi connectivity index (χ2n) is 7.90. The summed E-state index contributed by atoms with van der Waals surface area (Å²) in [5.74, 6) is 0. The Labute approximate surface area is 162 Å². The van der Waals surface area contributed by atoms with Crippen molar-refractivity contribution in [2.24, 2.45) is 4.74 Å². The second kappa shape index (κ2) is 8.25. The summed E-state index contributed by atoms with van der Waals surface area (Å²) < 4.78 is 8.15. The van der Waals surface area contributed by atoms with Gasteiger partial charge >= 0.3 is 0 Å². The van der Waals surface area contributed by atoms with Crippen molar-refractivity contribution >= 4 is 29.8 Å². The molecular formula is C21H29ClN3P. The first kappa shape index (κ1) is 19.6. The molecule has 0 saturated carbocycles. The highest BCUT2D eigenvalue weighted by molar-refractivity contribution is 7.73. The highest BCUT2D eigenvalue weighted by Crippen LogP contribution is 2.64. The van der Waals surface area contributed by atoms with Crippen molar-refractivity contribution in [3.05, 3.63) is 53.8 Å². The van der Waals surface area contributed by atoms with Crippen LogP contribution in [0.3, 0.4) is 0 Å². The zero-order chi connectivity index (χ0) is 18.6. The van der Waals surface area contributed by atoms with Gasteiger partial charge in [0.25, 0.3) is 0 Å². The molecule has 1 saturated heterocycles. The topological polar surface area (TPSA) is 28.5 Å². The van der Waals surface area contributed by atoms with Crippen LogP contribution in [0.2, 0.25) is 5.02 Å². The van der Waals surface area contributed by atoms with Gasteiger partial charge < -0.3 is 0 Å². The molecule has 0 N–H and O–H groups in total. The molecular weight excluding hydrogens is 361 g/mol. The molecule has 26 heavy (non-hydrogen) atoms. The van der Waals surface area contributed by atoms with E-state index in [2.05, 4.69) is 42.6 Å². The number of pyridine rings is 1. The molecule has 2 heterocycles. The number of nitrogens with zero attached hydrogens (tertiary/aromatic N) is 3. The summed E-state index contributed by atoms with van der Waals surface area (Å²) >= 11 is 6.53. The SMILES string of the molecule is CC(C)(C)P(=Nc1ccccc1Cl)(c1ccncc1)N1CCCCCC1. The van der Waals surface area contributed by atoms with E-state index in [1.165, 1.54) is 31.0 Å². The first-order valence-electron chi connectivity index (χ1n) is 9.48. The van der Waals surface area contributed by atoms with Crippen LogP contribution in [-0.4, -0.2) is 27.9 Å². The average Bonchev–Trinajstić information content (AvgIpc) is 2.90. The summed E-state index contributed by atoms with van der Waals surface area (Å²) in [5.41, 5.74) is 0.901. The lowest BCUT2D eigenvalue weighted by Crippen LogP contribution is -2.37. The molecule has 0 spiro atoms. The van der Waals surface area contributed by atoms with Gasteiger partial charge in [0.2, 0.25) is 0 Å².